The number of piperazine rings is 1. The molecule has 102 valence electrons. The van der Waals surface area contributed by atoms with Crippen molar-refractivity contribution in [1.29, 1.82) is 0 Å². The fourth-order valence-corrected chi connectivity index (χ4v) is 3.70. The SMILES string of the molecule is NC(=S)c1ccccc1S(=O)(=O)N1CCNC(=O)C1. The van der Waals surface area contributed by atoms with Crippen molar-refractivity contribution in [2.75, 3.05) is 19.6 Å². The number of hydrogen-bond donors (Lipinski definition) is 2. The molecule has 1 fully saturated rings. The topological polar surface area (TPSA) is 92.5 Å². The van der Waals surface area contributed by atoms with E-state index in [4.69, 9.17) is 18.0 Å². The zero-order chi connectivity index (χ0) is 14.0. The standard InChI is InChI=1S/C11H13N3O3S2/c12-11(18)8-3-1-2-4-9(8)19(16,17)14-6-5-13-10(15)7-14/h1-4H,5-7H2,(H2,12,18)(H,13,15). The number of benzene rings is 1. The van der Waals surface area contributed by atoms with Crippen molar-refractivity contribution in [3.63, 3.8) is 0 Å². The minimum atomic E-state index is -3.77. The predicted molar refractivity (Wildman–Crippen MR) is 74.1 cm³/mol. The summed E-state index contributed by atoms with van der Waals surface area (Å²) in [7, 11) is -3.77. The Morgan fingerprint density at radius 2 is 2.05 bits per heavy atom. The van der Waals surface area contributed by atoms with Gasteiger partial charge < -0.3 is 11.1 Å². The van der Waals surface area contributed by atoms with E-state index in [2.05, 4.69) is 5.32 Å². The Balaban J connectivity index is 2.45. The number of thiocarbonyl (C=S) groups is 1. The lowest BCUT2D eigenvalue weighted by atomic mass is 10.2. The average molecular weight is 299 g/mol. The van der Waals surface area contributed by atoms with Crippen LogP contribution in [0.2, 0.25) is 0 Å². The summed E-state index contributed by atoms with van der Waals surface area (Å²) in [5, 5.41) is 2.58. The Kier molecular flexibility index (Phi) is 3.83. The summed E-state index contributed by atoms with van der Waals surface area (Å²) in [6.45, 7) is 0.348. The lowest BCUT2D eigenvalue weighted by Gasteiger charge is -2.26. The van der Waals surface area contributed by atoms with Gasteiger partial charge in [0.15, 0.2) is 0 Å². The zero-order valence-corrected chi connectivity index (χ0v) is 11.6. The molecule has 1 aliphatic rings. The number of carbonyl (C=O) groups excluding carboxylic acids is 1. The quantitative estimate of drug-likeness (QED) is 0.730. The normalized spacial score (nSPS) is 16.9. The van der Waals surface area contributed by atoms with E-state index in [9.17, 15) is 13.2 Å². The minimum Gasteiger partial charge on any atom is -0.389 e. The number of amides is 1. The van der Waals surface area contributed by atoms with Gasteiger partial charge in [0.25, 0.3) is 0 Å². The number of nitrogens with zero attached hydrogens (tertiary/aromatic N) is 1. The highest BCUT2D eigenvalue weighted by Crippen LogP contribution is 2.20. The molecular formula is C11H13N3O3S2. The van der Waals surface area contributed by atoms with Crippen LogP contribution in [0, 0.1) is 0 Å². The first-order valence-corrected chi connectivity index (χ1v) is 7.43. The summed E-state index contributed by atoms with van der Waals surface area (Å²) in [5.74, 6) is -0.317. The lowest BCUT2D eigenvalue weighted by Crippen LogP contribution is -2.50. The van der Waals surface area contributed by atoms with E-state index in [0.717, 1.165) is 4.31 Å². The van der Waals surface area contributed by atoms with Crippen molar-refractivity contribution in [1.82, 2.24) is 9.62 Å². The maximum Gasteiger partial charge on any atom is 0.244 e. The van der Waals surface area contributed by atoms with Gasteiger partial charge in [0, 0.05) is 18.7 Å². The molecule has 0 spiro atoms. The van der Waals surface area contributed by atoms with Gasteiger partial charge in [-0.25, -0.2) is 8.42 Å². The van der Waals surface area contributed by atoms with Gasteiger partial charge in [-0.1, -0.05) is 30.4 Å². The Morgan fingerprint density at radius 1 is 1.37 bits per heavy atom. The van der Waals surface area contributed by atoms with Crippen LogP contribution in [0.4, 0.5) is 0 Å². The first-order chi connectivity index (χ1) is 8.93. The van der Waals surface area contributed by atoms with Crippen LogP contribution in [0.3, 0.4) is 0 Å². The van der Waals surface area contributed by atoms with Crippen LogP contribution in [0.15, 0.2) is 29.2 Å². The van der Waals surface area contributed by atoms with Gasteiger partial charge in [-0.2, -0.15) is 4.31 Å². The molecule has 0 aromatic heterocycles. The van der Waals surface area contributed by atoms with E-state index in [1.807, 2.05) is 0 Å². The molecule has 0 saturated carbocycles. The van der Waals surface area contributed by atoms with Gasteiger partial charge in [0.2, 0.25) is 15.9 Å². The van der Waals surface area contributed by atoms with Gasteiger partial charge in [-0.05, 0) is 6.07 Å². The molecule has 0 radical (unpaired) electrons. The number of nitrogens with one attached hydrogen (secondary N) is 1. The summed E-state index contributed by atoms with van der Waals surface area (Å²) in [6, 6.07) is 6.25. The zero-order valence-electron chi connectivity index (χ0n) is 10.00. The minimum absolute atomic E-state index is 0.0145. The second-order valence-corrected chi connectivity index (χ2v) is 6.40. The molecule has 2 rings (SSSR count). The van der Waals surface area contributed by atoms with Crippen molar-refractivity contribution in [3.8, 4) is 0 Å². The van der Waals surface area contributed by atoms with Crippen LogP contribution < -0.4 is 11.1 Å². The van der Waals surface area contributed by atoms with E-state index in [-0.39, 0.29) is 28.9 Å². The molecule has 6 nitrogen and oxygen atoms in total. The number of sulfonamides is 1. The predicted octanol–water partition coefficient (Wildman–Crippen LogP) is -0.559. The van der Waals surface area contributed by atoms with Gasteiger partial charge in [-0.15, -0.1) is 0 Å². The Labute approximate surface area is 116 Å². The van der Waals surface area contributed by atoms with E-state index in [1.165, 1.54) is 6.07 Å². The fraction of sp³-hybridized carbons (Fsp3) is 0.273. The monoisotopic (exact) mass is 299 g/mol. The summed E-state index contributed by atoms with van der Waals surface area (Å²) in [4.78, 5) is 11.4. The molecule has 3 N–H and O–H groups in total. The molecule has 1 aromatic carbocycles. The van der Waals surface area contributed by atoms with E-state index < -0.39 is 10.0 Å². The molecule has 1 amide bonds. The van der Waals surface area contributed by atoms with Gasteiger partial charge in [-0.3, -0.25) is 4.79 Å². The van der Waals surface area contributed by atoms with Crippen molar-refractivity contribution in [3.05, 3.63) is 29.8 Å². The van der Waals surface area contributed by atoms with Crippen molar-refractivity contribution in [2.45, 2.75) is 4.90 Å². The van der Waals surface area contributed by atoms with Gasteiger partial charge >= 0.3 is 0 Å². The molecule has 0 atom stereocenters. The fourth-order valence-electron chi connectivity index (χ4n) is 1.85. The maximum atomic E-state index is 12.5. The first kappa shape index (κ1) is 13.9. The van der Waals surface area contributed by atoms with Gasteiger partial charge in [0.05, 0.1) is 11.4 Å². The van der Waals surface area contributed by atoms with Crippen molar-refractivity contribution < 1.29 is 13.2 Å². The van der Waals surface area contributed by atoms with Gasteiger partial charge in [0.1, 0.15) is 4.99 Å². The number of hydrogen-bond acceptors (Lipinski definition) is 4. The second-order valence-electron chi connectivity index (χ2n) is 4.05. The maximum absolute atomic E-state index is 12.5. The van der Waals surface area contributed by atoms with Crippen LogP contribution in [-0.2, 0) is 14.8 Å². The molecule has 1 aromatic rings. The highest BCUT2D eigenvalue weighted by atomic mass is 32.2. The molecule has 0 bridgehead atoms. The highest BCUT2D eigenvalue weighted by Gasteiger charge is 2.31. The summed E-state index contributed by atoms with van der Waals surface area (Å²) >= 11 is 4.86. The number of rotatable bonds is 3. The van der Waals surface area contributed by atoms with E-state index in [1.54, 1.807) is 18.2 Å². The summed E-state index contributed by atoms with van der Waals surface area (Å²) in [6.07, 6.45) is 0. The second kappa shape index (κ2) is 5.24. The number of nitrogens with two attached hydrogens (primary N) is 1. The largest absolute Gasteiger partial charge is 0.389 e. The lowest BCUT2D eigenvalue weighted by molar-refractivity contribution is -0.122. The van der Waals surface area contributed by atoms with Crippen LogP contribution in [-0.4, -0.2) is 43.3 Å². The molecule has 1 aliphatic heterocycles. The van der Waals surface area contributed by atoms with Crippen LogP contribution >= 0.6 is 12.2 Å². The van der Waals surface area contributed by atoms with Crippen molar-refractivity contribution in [2.24, 2.45) is 5.73 Å². The number of carbonyl (C=O) groups is 1. The molecule has 8 heteroatoms. The first-order valence-electron chi connectivity index (χ1n) is 5.58. The molecule has 0 aliphatic carbocycles. The third kappa shape index (κ3) is 2.75. The smallest absolute Gasteiger partial charge is 0.244 e. The molecule has 19 heavy (non-hydrogen) atoms. The molecule has 1 heterocycles. The summed E-state index contributed by atoms with van der Waals surface area (Å²) in [5.41, 5.74) is 5.83. The summed E-state index contributed by atoms with van der Waals surface area (Å²) < 4.78 is 26.1. The Morgan fingerprint density at radius 3 is 2.68 bits per heavy atom. The van der Waals surface area contributed by atoms with E-state index in [0.29, 0.717) is 12.1 Å². The third-order valence-electron chi connectivity index (χ3n) is 2.77. The molecule has 1 saturated heterocycles. The van der Waals surface area contributed by atoms with Crippen LogP contribution in [0.25, 0.3) is 0 Å². The Bertz CT molecular complexity index is 628. The third-order valence-corrected chi connectivity index (χ3v) is 4.90. The Hall–Kier alpha value is -1.51. The highest BCUT2D eigenvalue weighted by molar-refractivity contribution is 7.89. The average Bonchev–Trinajstić information content (AvgIpc) is 2.38. The van der Waals surface area contributed by atoms with Crippen LogP contribution in [0.1, 0.15) is 5.56 Å². The van der Waals surface area contributed by atoms with E-state index >= 15 is 0 Å². The van der Waals surface area contributed by atoms with Crippen molar-refractivity contribution >= 4 is 33.1 Å². The molecule has 0 unspecified atom stereocenters. The molecular weight excluding hydrogens is 286 g/mol. The van der Waals surface area contributed by atoms with Crippen LogP contribution in [0.5, 0.6) is 0 Å².